The highest BCUT2D eigenvalue weighted by molar-refractivity contribution is 5.90. The van der Waals surface area contributed by atoms with E-state index in [4.69, 9.17) is 9.47 Å². The molecule has 4 heteroatoms. The van der Waals surface area contributed by atoms with Gasteiger partial charge in [0.05, 0.1) is 11.1 Å². The van der Waals surface area contributed by atoms with E-state index in [0.29, 0.717) is 11.1 Å². The van der Waals surface area contributed by atoms with Crippen molar-refractivity contribution < 1.29 is 19.1 Å². The van der Waals surface area contributed by atoms with Gasteiger partial charge in [0.2, 0.25) is 0 Å². The molecule has 0 aliphatic rings. The number of carbonyl (C=O) groups is 2. The fourth-order valence-electron chi connectivity index (χ4n) is 1.95. The average molecular weight is 322 g/mol. The van der Waals surface area contributed by atoms with Gasteiger partial charge in [-0.3, -0.25) is 0 Å². The molecule has 2 aromatic rings. The third-order valence-electron chi connectivity index (χ3n) is 3.31. The molecule has 4 nitrogen and oxygen atoms in total. The number of ether oxygens (including phenoxy) is 2. The molecule has 0 unspecified atom stereocenters. The van der Waals surface area contributed by atoms with Crippen LogP contribution in [0.5, 0.6) is 0 Å². The molecule has 0 fully saturated rings. The van der Waals surface area contributed by atoms with Gasteiger partial charge in [-0.15, -0.1) is 0 Å². The van der Waals surface area contributed by atoms with Crippen molar-refractivity contribution >= 4 is 24.1 Å². The number of hydrogen-bond donors (Lipinski definition) is 0. The number of hydrogen-bond acceptors (Lipinski definition) is 4. The van der Waals surface area contributed by atoms with Gasteiger partial charge in [-0.25, -0.2) is 9.59 Å². The Hall–Kier alpha value is -3.14. The third kappa shape index (κ3) is 4.68. The quantitative estimate of drug-likeness (QED) is 0.571. The molecular formula is C20H18O4. The molecule has 24 heavy (non-hydrogen) atoms. The minimum absolute atomic E-state index is 0.00146. The van der Waals surface area contributed by atoms with Crippen LogP contribution in [0.1, 0.15) is 31.8 Å². The maximum atomic E-state index is 11.8. The first-order valence-electron chi connectivity index (χ1n) is 7.43. The summed E-state index contributed by atoms with van der Waals surface area (Å²) in [6, 6.07) is 13.7. The molecule has 2 aromatic carbocycles. The Morgan fingerprint density at radius 2 is 1.04 bits per heavy atom. The first-order valence-corrected chi connectivity index (χ1v) is 7.43. The van der Waals surface area contributed by atoms with Crippen LogP contribution >= 0.6 is 0 Å². The summed E-state index contributed by atoms with van der Waals surface area (Å²) in [5.41, 5.74) is 2.71. The Labute approximate surface area is 141 Å². The molecule has 0 heterocycles. The molecule has 0 aromatic heterocycles. The van der Waals surface area contributed by atoms with Crippen LogP contribution in [0.25, 0.3) is 12.2 Å². The highest BCUT2D eigenvalue weighted by atomic mass is 16.6. The van der Waals surface area contributed by atoms with Crippen molar-refractivity contribution in [2.75, 3.05) is 13.2 Å². The van der Waals surface area contributed by atoms with Crippen LogP contribution in [0, 0.1) is 0 Å². The van der Waals surface area contributed by atoms with Gasteiger partial charge >= 0.3 is 11.9 Å². The Morgan fingerprint density at radius 1 is 0.708 bits per heavy atom. The second kappa shape index (κ2) is 8.48. The van der Waals surface area contributed by atoms with E-state index in [1.165, 1.54) is 0 Å². The van der Waals surface area contributed by atoms with E-state index in [0.717, 1.165) is 11.1 Å². The van der Waals surface area contributed by atoms with Gasteiger partial charge < -0.3 is 9.47 Å². The summed E-state index contributed by atoms with van der Waals surface area (Å²) < 4.78 is 10.1. The first-order chi connectivity index (χ1) is 11.6. The molecule has 0 spiro atoms. The van der Waals surface area contributed by atoms with Crippen molar-refractivity contribution in [3.63, 3.8) is 0 Å². The third-order valence-corrected chi connectivity index (χ3v) is 3.31. The smallest absolute Gasteiger partial charge is 0.338 e. The number of esters is 2. The van der Waals surface area contributed by atoms with Crippen molar-refractivity contribution in [3.8, 4) is 0 Å². The van der Waals surface area contributed by atoms with Gasteiger partial charge in [0, 0.05) is 0 Å². The van der Waals surface area contributed by atoms with Gasteiger partial charge in [-0.2, -0.15) is 0 Å². The van der Waals surface area contributed by atoms with Crippen molar-refractivity contribution in [1.29, 1.82) is 0 Å². The van der Waals surface area contributed by atoms with Crippen LogP contribution in [0.3, 0.4) is 0 Å². The summed E-state index contributed by atoms with van der Waals surface area (Å²) >= 11 is 0. The van der Waals surface area contributed by atoms with Gasteiger partial charge in [0.25, 0.3) is 0 Å². The van der Waals surface area contributed by atoms with Gasteiger partial charge in [-0.05, 0) is 35.4 Å². The van der Waals surface area contributed by atoms with Crippen LogP contribution in [-0.2, 0) is 9.47 Å². The van der Waals surface area contributed by atoms with Crippen LogP contribution in [0.4, 0.5) is 0 Å². The van der Waals surface area contributed by atoms with Crippen LogP contribution in [-0.4, -0.2) is 25.2 Å². The SMILES string of the molecule is C=Cc1ccc(C(=O)OCCOC(=O)c2ccc(C=C)cc2)cc1. The predicted molar refractivity (Wildman–Crippen MR) is 93.6 cm³/mol. The standard InChI is InChI=1S/C20H18O4/c1-3-15-5-9-17(10-6-15)19(21)23-13-14-24-20(22)18-11-7-16(4-2)8-12-18/h3-12H,1-2,13-14H2. The normalized spacial score (nSPS) is 9.83. The molecule has 122 valence electrons. The lowest BCUT2D eigenvalue weighted by Crippen LogP contribution is -2.14. The second-order valence-corrected chi connectivity index (χ2v) is 4.92. The van der Waals surface area contributed by atoms with Crippen LogP contribution in [0.15, 0.2) is 61.7 Å². The van der Waals surface area contributed by atoms with Crippen LogP contribution < -0.4 is 0 Å². The zero-order valence-electron chi connectivity index (χ0n) is 13.2. The highest BCUT2D eigenvalue weighted by Gasteiger charge is 2.09. The van der Waals surface area contributed by atoms with Gasteiger partial charge in [-0.1, -0.05) is 49.6 Å². The average Bonchev–Trinajstić information content (AvgIpc) is 2.65. The zero-order valence-corrected chi connectivity index (χ0v) is 13.2. The molecule has 0 aliphatic carbocycles. The molecule has 2 rings (SSSR count). The summed E-state index contributed by atoms with van der Waals surface area (Å²) in [5.74, 6) is -0.922. The van der Waals surface area contributed by atoms with Crippen molar-refractivity contribution in [2.45, 2.75) is 0 Å². The monoisotopic (exact) mass is 322 g/mol. The molecule has 0 bridgehead atoms. The van der Waals surface area contributed by atoms with E-state index in [1.54, 1.807) is 60.7 Å². The molecule has 0 atom stereocenters. The fourth-order valence-corrected chi connectivity index (χ4v) is 1.95. The summed E-state index contributed by atoms with van der Waals surface area (Å²) in [4.78, 5) is 23.7. The maximum Gasteiger partial charge on any atom is 0.338 e. The molecule has 0 radical (unpaired) electrons. The summed E-state index contributed by atoms with van der Waals surface area (Å²) in [5, 5.41) is 0. The van der Waals surface area contributed by atoms with E-state index >= 15 is 0 Å². The Morgan fingerprint density at radius 3 is 1.33 bits per heavy atom. The van der Waals surface area contributed by atoms with Crippen molar-refractivity contribution in [3.05, 3.63) is 83.9 Å². The summed E-state index contributed by atoms with van der Waals surface area (Å²) in [6.07, 6.45) is 3.38. The van der Waals surface area contributed by atoms with Crippen molar-refractivity contribution in [1.82, 2.24) is 0 Å². The molecular weight excluding hydrogens is 304 g/mol. The molecule has 0 N–H and O–H groups in total. The number of rotatable bonds is 7. The Kier molecular flexibility index (Phi) is 6.08. The topological polar surface area (TPSA) is 52.6 Å². The van der Waals surface area contributed by atoms with Crippen LogP contribution in [0.2, 0.25) is 0 Å². The largest absolute Gasteiger partial charge is 0.458 e. The predicted octanol–water partition coefficient (Wildman–Crippen LogP) is 3.99. The second-order valence-electron chi connectivity index (χ2n) is 4.92. The molecule has 0 aliphatic heterocycles. The Bertz CT molecular complexity index is 662. The van der Waals surface area contributed by atoms with Gasteiger partial charge in [0.1, 0.15) is 13.2 Å². The minimum Gasteiger partial charge on any atom is -0.458 e. The van der Waals surface area contributed by atoms with Crippen molar-refractivity contribution in [2.24, 2.45) is 0 Å². The van der Waals surface area contributed by atoms with Gasteiger partial charge in [0.15, 0.2) is 0 Å². The first kappa shape index (κ1) is 17.2. The highest BCUT2D eigenvalue weighted by Crippen LogP contribution is 2.08. The zero-order chi connectivity index (χ0) is 17.4. The maximum absolute atomic E-state index is 11.8. The van der Waals surface area contributed by atoms with E-state index < -0.39 is 11.9 Å². The number of carbonyl (C=O) groups excluding carboxylic acids is 2. The molecule has 0 amide bonds. The lowest BCUT2D eigenvalue weighted by atomic mass is 10.1. The summed E-state index contributed by atoms with van der Waals surface area (Å²) in [7, 11) is 0. The fraction of sp³-hybridized carbons (Fsp3) is 0.100. The van der Waals surface area contributed by atoms with E-state index in [9.17, 15) is 9.59 Å². The lowest BCUT2D eigenvalue weighted by Gasteiger charge is -2.07. The molecule has 0 saturated carbocycles. The summed E-state index contributed by atoms with van der Waals surface area (Å²) in [6.45, 7) is 7.29. The number of benzene rings is 2. The Balaban J connectivity index is 1.76. The van der Waals surface area contributed by atoms with E-state index in [-0.39, 0.29) is 13.2 Å². The lowest BCUT2D eigenvalue weighted by molar-refractivity contribution is 0.0265. The van der Waals surface area contributed by atoms with E-state index in [1.807, 2.05) is 0 Å². The van der Waals surface area contributed by atoms with E-state index in [2.05, 4.69) is 13.2 Å². The minimum atomic E-state index is -0.461. The molecule has 0 saturated heterocycles.